The van der Waals surface area contributed by atoms with E-state index >= 15 is 0 Å². The molecule has 3 aromatic rings. The molecule has 0 amide bonds. The van der Waals surface area contributed by atoms with Gasteiger partial charge in [-0.2, -0.15) is 0 Å². The second-order valence-electron chi connectivity index (χ2n) is 5.42. The summed E-state index contributed by atoms with van der Waals surface area (Å²) in [6.07, 6.45) is 5.20. The number of aromatic nitrogens is 4. The van der Waals surface area contributed by atoms with Gasteiger partial charge in [0.2, 0.25) is 0 Å². The number of rotatable bonds is 5. The van der Waals surface area contributed by atoms with E-state index in [1.54, 1.807) is 31.5 Å². The van der Waals surface area contributed by atoms with Gasteiger partial charge in [-0.15, -0.1) is 0 Å². The highest BCUT2D eigenvalue weighted by Crippen LogP contribution is 2.28. The average molecular weight is 355 g/mol. The summed E-state index contributed by atoms with van der Waals surface area (Å²) in [6.45, 7) is 1.37. The third-order valence-corrected chi connectivity index (χ3v) is 4.75. The predicted octanol–water partition coefficient (Wildman–Crippen LogP) is 2.96. The second-order valence-corrected chi connectivity index (χ2v) is 6.36. The van der Waals surface area contributed by atoms with E-state index in [2.05, 4.69) is 15.0 Å². The summed E-state index contributed by atoms with van der Waals surface area (Å²) in [5.41, 5.74) is 2.69. The van der Waals surface area contributed by atoms with Crippen LogP contribution in [0, 0.1) is 0 Å². The fourth-order valence-corrected chi connectivity index (χ4v) is 3.32. The monoisotopic (exact) mass is 355 g/mol. The van der Waals surface area contributed by atoms with Crippen LogP contribution in [0.3, 0.4) is 0 Å². The van der Waals surface area contributed by atoms with Crippen molar-refractivity contribution < 1.29 is 9.47 Å². The summed E-state index contributed by atoms with van der Waals surface area (Å²) >= 11 is 1.58. The Labute approximate surface area is 149 Å². The molecule has 7 nitrogen and oxygen atoms in total. The first-order chi connectivity index (χ1) is 12.3. The highest BCUT2D eigenvalue weighted by atomic mass is 32.2. The second kappa shape index (κ2) is 7.02. The molecule has 0 fully saturated rings. The molecule has 0 saturated heterocycles. The molecule has 8 heteroatoms. The van der Waals surface area contributed by atoms with E-state index in [1.807, 2.05) is 35.4 Å². The van der Waals surface area contributed by atoms with Crippen LogP contribution in [0.15, 0.2) is 48.2 Å². The lowest BCUT2D eigenvalue weighted by atomic mass is 10.2. The summed E-state index contributed by atoms with van der Waals surface area (Å²) in [6, 6.07) is 8.00. The Morgan fingerprint density at radius 2 is 2.16 bits per heavy atom. The lowest BCUT2D eigenvalue weighted by Crippen LogP contribution is -2.25. The van der Waals surface area contributed by atoms with E-state index in [-0.39, 0.29) is 0 Å². The van der Waals surface area contributed by atoms with Crippen LogP contribution in [0.5, 0.6) is 5.75 Å². The minimum atomic E-state index is 0.629. The summed E-state index contributed by atoms with van der Waals surface area (Å²) < 4.78 is 10.5. The minimum Gasteiger partial charge on any atom is -0.498 e. The number of ether oxygens (including phenoxy) is 2. The van der Waals surface area contributed by atoms with Crippen molar-refractivity contribution in [2.75, 3.05) is 25.2 Å². The Hall–Kier alpha value is -2.74. The number of hydrogen-bond donors (Lipinski definition) is 1. The molecule has 128 valence electrons. The number of fused-ring (bicyclic) bond motifs is 1. The van der Waals surface area contributed by atoms with Crippen molar-refractivity contribution in [2.24, 2.45) is 0 Å². The molecule has 25 heavy (non-hydrogen) atoms. The number of aromatic amines is 1. The van der Waals surface area contributed by atoms with Crippen LogP contribution in [-0.4, -0.2) is 40.2 Å². The van der Waals surface area contributed by atoms with Gasteiger partial charge >= 0.3 is 0 Å². The van der Waals surface area contributed by atoms with E-state index < -0.39 is 0 Å². The van der Waals surface area contributed by atoms with Gasteiger partial charge in [-0.25, -0.2) is 15.0 Å². The SMILES string of the molecule is COc1ccc(CSc2nc(N3C=COCC3)c3[nH]cnc3n2)cc1. The van der Waals surface area contributed by atoms with Crippen molar-refractivity contribution in [3.63, 3.8) is 0 Å². The van der Waals surface area contributed by atoms with Gasteiger partial charge in [0.1, 0.15) is 17.9 Å². The van der Waals surface area contributed by atoms with E-state index in [0.29, 0.717) is 17.4 Å². The Morgan fingerprint density at radius 1 is 1.28 bits per heavy atom. The van der Waals surface area contributed by atoms with E-state index in [4.69, 9.17) is 14.5 Å². The number of methoxy groups -OCH3 is 1. The van der Waals surface area contributed by atoms with Crippen molar-refractivity contribution in [3.8, 4) is 5.75 Å². The molecular formula is C17H17N5O2S. The van der Waals surface area contributed by atoms with Crippen molar-refractivity contribution in [2.45, 2.75) is 10.9 Å². The molecule has 0 atom stereocenters. The van der Waals surface area contributed by atoms with Crippen molar-refractivity contribution in [3.05, 3.63) is 48.6 Å². The van der Waals surface area contributed by atoms with Crippen molar-refractivity contribution >= 4 is 28.7 Å². The van der Waals surface area contributed by atoms with Gasteiger partial charge in [-0.3, -0.25) is 0 Å². The maximum Gasteiger partial charge on any atom is 0.192 e. The van der Waals surface area contributed by atoms with Gasteiger partial charge in [0, 0.05) is 12.0 Å². The molecule has 1 aromatic carbocycles. The molecule has 0 aliphatic carbocycles. The predicted molar refractivity (Wildman–Crippen MR) is 96.7 cm³/mol. The molecular weight excluding hydrogens is 338 g/mol. The first-order valence-corrected chi connectivity index (χ1v) is 8.84. The van der Waals surface area contributed by atoms with Gasteiger partial charge in [-0.05, 0) is 17.7 Å². The van der Waals surface area contributed by atoms with E-state index in [9.17, 15) is 0 Å². The molecule has 2 aromatic heterocycles. The molecule has 3 heterocycles. The maximum absolute atomic E-state index is 5.26. The van der Waals surface area contributed by atoms with Gasteiger partial charge in [0.25, 0.3) is 0 Å². The lowest BCUT2D eigenvalue weighted by molar-refractivity contribution is 0.245. The number of nitrogens with zero attached hydrogens (tertiary/aromatic N) is 4. The number of hydrogen-bond acceptors (Lipinski definition) is 7. The minimum absolute atomic E-state index is 0.629. The van der Waals surface area contributed by atoms with E-state index in [1.165, 1.54) is 5.56 Å². The van der Waals surface area contributed by atoms with Crippen molar-refractivity contribution in [1.29, 1.82) is 0 Å². The number of H-pyrrole nitrogens is 1. The van der Waals surface area contributed by atoms with Crippen LogP contribution in [0.4, 0.5) is 5.82 Å². The highest BCUT2D eigenvalue weighted by molar-refractivity contribution is 7.98. The van der Waals surface area contributed by atoms with Gasteiger partial charge in [0.05, 0.1) is 26.2 Å². The van der Waals surface area contributed by atoms with Gasteiger partial charge in [0.15, 0.2) is 16.6 Å². The zero-order chi connectivity index (χ0) is 17.1. The Balaban J connectivity index is 1.58. The molecule has 1 aliphatic rings. The molecule has 0 radical (unpaired) electrons. The van der Waals surface area contributed by atoms with Crippen LogP contribution >= 0.6 is 11.8 Å². The van der Waals surface area contributed by atoms with Crippen LogP contribution in [-0.2, 0) is 10.5 Å². The topological polar surface area (TPSA) is 76.2 Å². The largest absolute Gasteiger partial charge is 0.498 e. The number of thioether (sulfide) groups is 1. The third kappa shape index (κ3) is 3.39. The van der Waals surface area contributed by atoms with E-state index in [0.717, 1.165) is 29.4 Å². The zero-order valence-electron chi connectivity index (χ0n) is 13.7. The summed E-state index contributed by atoms with van der Waals surface area (Å²) in [5.74, 6) is 2.45. The summed E-state index contributed by atoms with van der Waals surface area (Å²) in [5, 5.41) is 0.699. The molecule has 1 N–H and O–H groups in total. The highest BCUT2D eigenvalue weighted by Gasteiger charge is 2.17. The van der Waals surface area contributed by atoms with Crippen LogP contribution in [0.2, 0.25) is 0 Å². The fourth-order valence-electron chi connectivity index (χ4n) is 2.53. The standard InChI is InChI=1S/C17H17N5O2S/c1-23-13-4-2-12(3-5-13)10-25-17-20-15-14(18-11-19-15)16(21-17)22-6-8-24-9-7-22/h2-6,8,11H,7,9-10H2,1H3,(H,18,19,20,21). The maximum atomic E-state index is 5.26. The number of imidazole rings is 1. The smallest absolute Gasteiger partial charge is 0.192 e. The number of nitrogens with one attached hydrogen (secondary N) is 1. The molecule has 4 rings (SSSR count). The number of benzene rings is 1. The third-order valence-electron chi connectivity index (χ3n) is 3.83. The normalized spacial score (nSPS) is 13.9. The van der Waals surface area contributed by atoms with Crippen LogP contribution in [0.1, 0.15) is 5.56 Å². The molecule has 1 aliphatic heterocycles. The average Bonchev–Trinajstić information content (AvgIpc) is 3.15. The molecule has 0 bridgehead atoms. The quantitative estimate of drug-likeness (QED) is 0.557. The van der Waals surface area contributed by atoms with Crippen LogP contribution in [0.25, 0.3) is 11.2 Å². The number of anilines is 1. The van der Waals surface area contributed by atoms with Gasteiger partial charge in [-0.1, -0.05) is 23.9 Å². The van der Waals surface area contributed by atoms with Crippen LogP contribution < -0.4 is 9.64 Å². The lowest BCUT2D eigenvalue weighted by Gasteiger charge is -2.22. The first kappa shape index (κ1) is 15.8. The van der Waals surface area contributed by atoms with Gasteiger partial charge < -0.3 is 19.4 Å². The Kier molecular flexibility index (Phi) is 4.43. The zero-order valence-corrected chi connectivity index (χ0v) is 14.5. The summed E-state index contributed by atoms with van der Waals surface area (Å²) in [7, 11) is 1.66. The molecule has 0 unspecified atom stereocenters. The van der Waals surface area contributed by atoms with Crippen molar-refractivity contribution in [1.82, 2.24) is 19.9 Å². The Bertz CT molecular complexity index is 894. The Morgan fingerprint density at radius 3 is 2.92 bits per heavy atom. The molecule has 0 saturated carbocycles. The molecule has 0 spiro atoms. The summed E-state index contributed by atoms with van der Waals surface area (Å²) in [4.78, 5) is 18.7. The first-order valence-electron chi connectivity index (χ1n) is 7.85. The fraction of sp³-hybridized carbons (Fsp3) is 0.235.